The molecular formula is C17H20NO2P. The minimum absolute atomic E-state index is 0.263. The fourth-order valence-electron chi connectivity index (χ4n) is 2.00. The Bertz CT molecular complexity index is 626. The van der Waals surface area contributed by atoms with Crippen molar-refractivity contribution in [1.29, 1.82) is 0 Å². The summed E-state index contributed by atoms with van der Waals surface area (Å²) in [5.74, 6) is 0.879. The first-order chi connectivity index (χ1) is 10.2. The minimum atomic E-state index is 0.263. The minimum Gasteiger partial charge on any atom is -0.467 e. The first-order valence-electron chi connectivity index (χ1n) is 6.75. The topological polar surface area (TPSA) is 30.8 Å². The van der Waals surface area contributed by atoms with Gasteiger partial charge in [0.05, 0.1) is 0 Å². The van der Waals surface area contributed by atoms with E-state index in [0.717, 1.165) is 11.3 Å². The molecule has 0 radical (unpaired) electrons. The van der Waals surface area contributed by atoms with Gasteiger partial charge in [-0.2, -0.15) is 0 Å². The van der Waals surface area contributed by atoms with E-state index >= 15 is 0 Å². The summed E-state index contributed by atoms with van der Waals surface area (Å²) in [7, 11) is 3.94. The molecule has 0 heterocycles. The second kappa shape index (κ2) is 7.92. The van der Waals surface area contributed by atoms with Crippen LogP contribution in [0, 0.1) is 6.92 Å². The summed E-state index contributed by atoms with van der Waals surface area (Å²) in [6.45, 7) is 2.35. The second-order valence-corrected chi connectivity index (χ2v) is 5.98. The van der Waals surface area contributed by atoms with E-state index in [-0.39, 0.29) is 6.79 Å². The molecule has 1 unspecified atom stereocenters. The number of benzene rings is 2. The lowest BCUT2D eigenvalue weighted by atomic mass is 10.2. The number of nitrogens with zero attached hydrogens (tertiary/aromatic N) is 1. The summed E-state index contributed by atoms with van der Waals surface area (Å²) in [5, 5.41) is 2.44. The highest BCUT2D eigenvalue weighted by Gasteiger charge is 2.08. The van der Waals surface area contributed by atoms with Gasteiger partial charge in [0.2, 0.25) is 0 Å². The molecule has 2 aromatic carbocycles. The van der Waals surface area contributed by atoms with Crippen LogP contribution in [0.25, 0.3) is 0 Å². The van der Waals surface area contributed by atoms with Crippen LogP contribution in [-0.4, -0.2) is 27.2 Å². The monoisotopic (exact) mass is 301 g/mol. The van der Waals surface area contributed by atoms with Gasteiger partial charge in [-0.15, -0.1) is 0 Å². The molecular weight excluding hydrogens is 281 g/mol. The maximum absolute atomic E-state index is 5.66. The van der Waals surface area contributed by atoms with Gasteiger partial charge < -0.3 is 9.47 Å². The van der Waals surface area contributed by atoms with Crippen molar-refractivity contribution in [3.8, 4) is 5.75 Å². The highest BCUT2D eigenvalue weighted by molar-refractivity contribution is 7.56. The number of methoxy groups -OCH3 is 1. The van der Waals surface area contributed by atoms with E-state index in [4.69, 9.17) is 9.47 Å². The molecule has 0 fully saturated rings. The zero-order valence-electron chi connectivity index (χ0n) is 12.6. The normalized spacial score (nSPS) is 11.6. The largest absolute Gasteiger partial charge is 0.467 e. The Morgan fingerprint density at radius 2 is 1.95 bits per heavy atom. The molecule has 0 amide bonds. The van der Waals surface area contributed by atoms with Gasteiger partial charge in [-0.1, -0.05) is 44.5 Å². The van der Waals surface area contributed by atoms with Gasteiger partial charge in [0, 0.05) is 25.7 Å². The summed E-state index contributed by atoms with van der Waals surface area (Å²) in [6.07, 6.45) is 1.90. The number of aliphatic imine (C=N–C) groups is 1. The van der Waals surface area contributed by atoms with Crippen LogP contribution in [0.3, 0.4) is 0 Å². The Labute approximate surface area is 127 Å². The van der Waals surface area contributed by atoms with E-state index in [2.05, 4.69) is 42.2 Å². The molecule has 0 spiro atoms. The van der Waals surface area contributed by atoms with E-state index in [9.17, 15) is 0 Å². The van der Waals surface area contributed by atoms with E-state index in [0.29, 0.717) is 8.58 Å². The zero-order chi connectivity index (χ0) is 15.1. The average Bonchev–Trinajstić information content (AvgIpc) is 2.49. The van der Waals surface area contributed by atoms with Gasteiger partial charge in [0.15, 0.2) is 6.79 Å². The Balaban J connectivity index is 2.32. The van der Waals surface area contributed by atoms with Gasteiger partial charge in [-0.05, 0) is 29.9 Å². The standard InChI is InChI=1S/C17H20NO2P/c1-13-8-9-15(20-12-19-3)17(10-13)21-16-7-5-4-6-14(16)11-18-2/h4-11,21H,12H2,1-3H3/b18-11+. The van der Waals surface area contributed by atoms with E-state index in [1.165, 1.54) is 16.2 Å². The van der Waals surface area contributed by atoms with Crippen molar-refractivity contribution in [2.24, 2.45) is 4.99 Å². The van der Waals surface area contributed by atoms with Crippen LogP contribution in [0.5, 0.6) is 5.75 Å². The van der Waals surface area contributed by atoms with Gasteiger partial charge in [0.25, 0.3) is 0 Å². The number of rotatable bonds is 6. The number of hydrogen-bond donors (Lipinski definition) is 0. The first kappa shape index (κ1) is 15.7. The molecule has 3 nitrogen and oxygen atoms in total. The molecule has 21 heavy (non-hydrogen) atoms. The number of hydrogen-bond acceptors (Lipinski definition) is 3. The predicted octanol–water partition coefficient (Wildman–Crippen LogP) is 2.66. The molecule has 2 rings (SSSR count). The molecule has 110 valence electrons. The van der Waals surface area contributed by atoms with Crippen LogP contribution in [0.1, 0.15) is 11.1 Å². The molecule has 2 aromatic rings. The smallest absolute Gasteiger partial charge is 0.188 e. The van der Waals surface area contributed by atoms with Gasteiger partial charge in [-0.3, -0.25) is 4.99 Å². The fraction of sp³-hybridized carbons (Fsp3) is 0.235. The predicted molar refractivity (Wildman–Crippen MR) is 91.2 cm³/mol. The zero-order valence-corrected chi connectivity index (χ0v) is 13.6. The maximum atomic E-state index is 5.66. The quantitative estimate of drug-likeness (QED) is 0.466. The van der Waals surface area contributed by atoms with Crippen molar-refractivity contribution in [3.63, 3.8) is 0 Å². The Morgan fingerprint density at radius 1 is 1.14 bits per heavy atom. The molecule has 0 aliphatic carbocycles. The molecule has 0 N–H and O–H groups in total. The van der Waals surface area contributed by atoms with Crippen LogP contribution in [0.2, 0.25) is 0 Å². The lowest BCUT2D eigenvalue weighted by molar-refractivity contribution is 0.0519. The first-order valence-corrected chi connectivity index (χ1v) is 7.75. The van der Waals surface area contributed by atoms with Gasteiger partial charge in [0.1, 0.15) is 5.75 Å². The molecule has 4 heteroatoms. The van der Waals surface area contributed by atoms with Gasteiger partial charge in [-0.25, -0.2) is 0 Å². The van der Waals surface area contributed by atoms with Crippen molar-refractivity contribution in [2.75, 3.05) is 21.0 Å². The number of ether oxygens (including phenoxy) is 2. The van der Waals surface area contributed by atoms with Crippen LogP contribution >= 0.6 is 8.58 Å². The van der Waals surface area contributed by atoms with Crippen LogP contribution < -0.4 is 15.3 Å². The van der Waals surface area contributed by atoms with Gasteiger partial charge >= 0.3 is 0 Å². The maximum Gasteiger partial charge on any atom is 0.188 e. The summed E-state index contributed by atoms with van der Waals surface area (Å²) in [5.41, 5.74) is 2.38. The third-order valence-corrected chi connectivity index (χ3v) is 4.35. The van der Waals surface area contributed by atoms with Crippen molar-refractivity contribution in [1.82, 2.24) is 0 Å². The average molecular weight is 301 g/mol. The summed E-state index contributed by atoms with van der Waals surface area (Å²) in [4.78, 5) is 4.13. The molecule has 0 saturated carbocycles. The van der Waals surface area contributed by atoms with Crippen molar-refractivity contribution >= 4 is 25.4 Å². The molecule has 0 bridgehead atoms. The highest BCUT2D eigenvalue weighted by Crippen LogP contribution is 2.21. The highest BCUT2D eigenvalue weighted by atomic mass is 31.1. The fourth-order valence-corrected chi connectivity index (χ4v) is 3.34. The summed E-state index contributed by atoms with van der Waals surface area (Å²) < 4.78 is 10.7. The summed E-state index contributed by atoms with van der Waals surface area (Å²) in [6, 6.07) is 14.5. The molecule has 0 aliphatic heterocycles. The molecule has 0 saturated heterocycles. The van der Waals surface area contributed by atoms with E-state index < -0.39 is 0 Å². The molecule has 1 atom stereocenters. The lowest BCUT2D eigenvalue weighted by Gasteiger charge is -2.13. The second-order valence-electron chi connectivity index (χ2n) is 4.65. The van der Waals surface area contributed by atoms with Crippen LogP contribution in [-0.2, 0) is 4.74 Å². The van der Waals surface area contributed by atoms with E-state index in [1.54, 1.807) is 14.2 Å². The van der Waals surface area contributed by atoms with Crippen molar-refractivity contribution < 1.29 is 9.47 Å². The van der Waals surface area contributed by atoms with Crippen molar-refractivity contribution in [3.05, 3.63) is 53.6 Å². The third kappa shape index (κ3) is 4.38. The lowest BCUT2D eigenvalue weighted by Crippen LogP contribution is -2.13. The Hall–Kier alpha value is -1.70. The van der Waals surface area contributed by atoms with Crippen LogP contribution in [0.4, 0.5) is 0 Å². The van der Waals surface area contributed by atoms with Crippen LogP contribution in [0.15, 0.2) is 47.5 Å². The molecule has 0 aliphatic rings. The number of aryl methyl sites for hydroxylation is 1. The van der Waals surface area contributed by atoms with Crippen molar-refractivity contribution in [2.45, 2.75) is 6.92 Å². The van der Waals surface area contributed by atoms with E-state index in [1.807, 2.05) is 18.3 Å². The Kier molecular flexibility index (Phi) is 5.91. The third-order valence-electron chi connectivity index (χ3n) is 2.97. The Morgan fingerprint density at radius 3 is 2.71 bits per heavy atom. The molecule has 0 aromatic heterocycles. The SMILES string of the molecule is C/N=C/c1ccccc1Pc1cc(C)ccc1OCOC. The summed E-state index contributed by atoms with van der Waals surface area (Å²) >= 11 is 0.